The van der Waals surface area contributed by atoms with E-state index in [1.165, 1.54) is 19.3 Å². The first kappa shape index (κ1) is 13.7. The van der Waals surface area contributed by atoms with Crippen molar-refractivity contribution >= 4 is 5.84 Å². The third kappa shape index (κ3) is 3.61. The van der Waals surface area contributed by atoms with Gasteiger partial charge in [0.2, 0.25) is 0 Å². The summed E-state index contributed by atoms with van der Waals surface area (Å²) >= 11 is 0. The summed E-state index contributed by atoms with van der Waals surface area (Å²) in [7, 11) is 2.15. The molecule has 5 nitrogen and oxygen atoms in total. The Morgan fingerprint density at radius 1 is 1.42 bits per heavy atom. The van der Waals surface area contributed by atoms with Gasteiger partial charge in [-0.15, -0.1) is 0 Å². The lowest BCUT2D eigenvalue weighted by Crippen LogP contribution is -2.39. The Balaban J connectivity index is 1.76. The predicted octanol–water partition coefficient (Wildman–Crippen LogP) is 1.64. The highest BCUT2D eigenvalue weighted by Crippen LogP contribution is 2.23. The molecule has 1 aliphatic carbocycles. The van der Waals surface area contributed by atoms with Gasteiger partial charge in [-0.25, -0.2) is 0 Å². The predicted molar refractivity (Wildman–Crippen MR) is 74.7 cm³/mol. The van der Waals surface area contributed by atoms with Crippen molar-refractivity contribution in [3.8, 4) is 5.75 Å². The number of amidine groups is 1. The molecular weight excluding hydrogens is 242 g/mol. The number of likely N-dealkylation sites (N-methyl/N-ethyl adjacent to an activating group) is 1. The van der Waals surface area contributed by atoms with Gasteiger partial charge in [-0.2, -0.15) is 0 Å². The van der Waals surface area contributed by atoms with E-state index in [4.69, 9.17) is 15.7 Å². The lowest BCUT2D eigenvalue weighted by atomic mass is 9.92. The van der Waals surface area contributed by atoms with E-state index < -0.39 is 0 Å². The van der Waals surface area contributed by atoms with Gasteiger partial charge in [0.1, 0.15) is 12.4 Å². The molecule has 1 aromatic carbocycles. The van der Waals surface area contributed by atoms with Gasteiger partial charge in [-0.3, -0.25) is 0 Å². The molecule has 1 fully saturated rings. The third-order valence-corrected chi connectivity index (χ3v) is 3.67. The van der Waals surface area contributed by atoms with Crippen LogP contribution in [0, 0.1) is 0 Å². The molecule has 0 spiro atoms. The Kier molecular flexibility index (Phi) is 4.63. The topological polar surface area (TPSA) is 71.1 Å². The number of oxime groups is 1. The molecule has 19 heavy (non-hydrogen) atoms. The molecule has 0 saturated heterocycles. The first-order chi connectivity index (χ1) is 9.20. The normalized spacial score (nSPS) is 16.4. The Labute approximate surface area is 113 Å². The van der Waals surface area contributed by atoms with Crippen molar-refractivity contribution in [1.29, 1.82) is 0 Å². The lowest BCUT2D eigenvalue weighted by Gasteiger charge is -2.34. The number of ether oxygens (including phenoxy) is 1. The zero-order valence-electron chi connectivity index (χ0n) is 11.2. The van der Waals surface area contributed by atoms with E-state index in [1.807, 2.05) is 12.1 Å². The van der Waals surface area contributed by atoms with Crippen molar-refractivity contribution in [1.82, 2.24) is 4.90 Å². The second-order valence-corrected chi connectivity index (χ2v) is 4.92. The zero-order chi connectivity index (χ0) is 13.7. The summed E-state index contributed by atoms with van der Waals surface area (Å²) < 4.78 is 5.68. The average Bonchev–Trinajstić information content (AvgIpc) is 2.36. The number of hydrogen-bond donors (Lipinski definition) is 2. The summed E-state index contributed by atoms with van der Waals surface area (Å²) in [6.07, 6.45) is 3.97. The summed E-state index contributed by atoms with van der Waals surface area (Å²) in [5, 5.41) is 11.5. The molecule has 0 atom stereocenters. The van der Waals surface area contributed by atoms with E-state index in [1.54, 1.807) is 12.1 Å². The van der Waals surface area contributed by atoms with Crippen molar-refractivity contribution in [2.75, 3.05) is 20.2 Å². The van der Waals surface area contributed by atoms with Gasteiger partial charge in [0.15, 0.2) is 5.84 Å². The zero-order valence-corrected chi connectivity index (χ0v) is 11.2. The maximum Gasteiger partial charge on any atom is 0.170 e. The summed E-state index contributed by atoms with van der Waals surface area (Å²) in [4.78, 5) is 2.36. The molecule has 2 rings (SSSR count). The standard InChI is InChI=1S/C14H21N3O2/c1-17(12-3-2-4-12)9-10-19-13-7-5-11(6-8-13)14(15)16-18/h5-8,12,18H,2-4,9-10H2,1H3,(H2,15,16). The van der Waals surface area contributed by atoms with Crippen LogP contribution in [0.1, 0.15) is 24.8 Å². The van der Waals surface area contributed by atoms with E-state index in [9.17, 15) is 0 Å². The molecule has 1 aliphatic rings. The van der Waals surface area contributed by atoms with Crippen LogP contribution in [0.2, 0.25) is 0 Å². The van der Waals surface area contributed by atoms with Crippen LogP contribution in [0.15, 0.2) is 29.4 Å². The van der Waals surface area contributed by atoms with Crippen LogP contribution >= 0.6 is 0 Å². The van der Waals surface area contributed by atoms with E-state index in [2.05, 4.69) is 17.1 Å². The molecular formula is C14H21N3O2. The fourth-order valence-electron chi connectivity index (χ4n) is 2.10. The molecule has 0 unspecified atom stereocenters. The highest BCUT2D eigenvalue weighted by Gasteiger charge is 2.21. The smallest absolute Gasteiger partial charge is 0.170 e. The van der Waals surface area contributed by atoms with Gasteiger partial charge >= 0.3 is 0 Å². The van der Waals surface area contributed by atoms with Gasteiger partial charge in [-0.05, 0) is 44.2 Å². The second-order valence-electron chi connectivity index (χ2n) is 4.92. The van der Waals surface area contributed by atoms with Crippen molar-refractivity contribution in [2.24, 2.45) is 10.9 Å². The van der Waals surface area contributed by atoms with Crippen LogP contribution in [0.5, 0.6) is 5.75 Å². The Hall–Kier alpha value is -1.75. The maximum absolute atomic E-state index is 8.57. The number of hydrogen-bond acceptors (Lipinski definition) is 4. The van der Waals surface area contributed by atoms with E-state index in [0.29, 0.717) is 12.2 Å². The van der Waals surface area contributed by atoms with E-state index in [0.717, 1.165) is 18.3 Å². The monoisotopic (exact) mass is 263 g/mol. The molecule has 1 aromatic rings. The van der Waals surface area contributed by atoms with Crippen molar-refractivity contribution < 1.29 is 9.94 Å². The maximum atomic E-state index is 8.57. The van der Waals surface area contributed by atoms with Crippen LogP contribution < -0.4 is 10.5 Å². The van der Waals surface area contributed by atoms with Gasteiger partial charge in [0.25, 0.3) is 0 Å². The fourth-order valence-corrected chi connectivity index (χ4v) is 2.10. The van der Waals surface area contributed by atoms with E-state index >= 15 is 0 Å². The molecule has 0 aliphatic heterocycles. The highest BCUT2D eigenvalue weighted by atomic mass is 16.5. The van der Waals surface area contributed by atoms with E-state index in [-0.39, 0.29) is 5.84 Å². The van der Waals surface area contributed by atoms with Crippen molar-refractivity contribution in [3.05, 3.63) is 29.8 Å². The third-order valence-electron chi connectivity index (χ3n) is 3.67. The summed E-state index contributed by atoms with van der Waals surface area (Å²) in [5.41, 5.74) is 6.17. The Morgan fingerprint density at radius 3 is 2.63 bits per heavy atom. The molecule has 0 aromatic heterocycles. The molecule has 1 saturated carbocycles. The largest absolute Gasteiger partial charge is 0.492 e. The molecule has 104 valence electrons. The van der Waals surface area contributed by atoms with Crippen LogP contribution in [0.3, 0.4) is 0 Å². The van der Waals surface area contributed by atoms with Crippen molar-refractivity contribution in [3.63, 3.8) is 0 Å². The molecule has 0 amide bonds. The quantitative estimate of drug-likeness (QED) is 0.354. The van der Waals surface area contributed by atoms with Gasteiger partial charge < -0.3 is 20.6 Å². The van der Waals surface area contributed by atoms with Gasteiger partial charge in [-0.1, -0.05) is 11.6 Å². The van der Waals surface area contributed by atoms with Gasteiger partial charge in [0.05, 0.1) is 0 Å². The fraction of sp³-hybridized carbons (Fsp3) is 0.500. The number of nitrogens with zero attached hydrogens (tertiary/aromatic N) is 2. The Bertz CT molecular complexity index is 427. The second kappa shape index (κ2) is 6.43. The first-order valence-electron chi connectivity index (χ1n) is 6.61. The number of rotatable bonds is 6. The Morgan fingerprint density at radius 2 is 2.11 bits per heavy atom. The SMILES string of the molecule is CN(CCOc1ccc(/C(N)=N/O)cc1)C1CCC1. The summed E-state index contributed by atoms with van der Waals surface area (Å²) in [6.45, 7) is 1.61. The highest BCUT2D eigenvalue weighted by molar-refractivity contribution is 5.97. The number of nitrogens with two attached hydrogens (primary N) is 1. The molecule has 3 N–H and O–H groups in total. The van der Waals surface area contributed by atoms with Crippen LogP contribution in [-0.4, -0.2) is 42.2 Å². The van der Waals surface area contributed by atoms with Crippen LogP contribution in [0.25, 0.3) is 0 Å². The van der Waals surface area contributed by atoms with Crippen LogP contribution in [-0.2, 0) is 0 Å². The van der Waals surface area contributed by atoms with Gasteiger partial charge in [0, 0.05) is 18.2 Å². The molecule has 5 heteroatoms. The average molecular weight is 263 g/mol. The minimum Gasteiger partial charge on any atom is -0.492 e. The van der Waals surface area contributed by atoms with Crippen molar-refractivity contribution in [2.45, 2.75) is 25.3 Å². The summed E-state index contributed by atoms with van der Waals surface area (Å²) in [6, 6.07) is 7.96. The summed E-state index contributed by atoms with van der Waals surface area (Å²) in [5.74, 6) is 0.910. The minimum absolute atomic E-state index is 0.108. The molecule has 0 heterocycles. The molecule has 0 bridgehead atoms. The number of benzene rings is 1. The van der Waals surface area contributed by atoms with Crippen LogP contribution in [0.4, 0.5) is 0 Å². The lowest BCUT2D eigenvalue weighted by molar-refractivity contribution is 0.135. The first-order valence-corrected chi connectivity index (χ1v) is 6.61. The molecule has 0 radical (unpaired) electrons. The minimum atomic E-state index is 0.108.